The molecule has 2 N–H and O–H groups in total. The fraction of sp³-hybridized carbons (Fsp3) is 0.833. The first-order valence-corrected chi connectivity index (χ1v) is 6.49. The molecule has 0 aliphatic carbocycles. The quantitative estimate of drug-likeness (QED) is 0.813. The predicted octanol–water partition coefficient (Wildman–Crippen LogP) is 0.995. The number of rotatable bonds is 3. The fourth-order valence-electron chi connectivity index (χ4n) is 2.20. The highest BCUT2D eigenvalue weighted by atomic mass is 19.3. The normalized spacial score (nSPS) is 24.1. The minimum Gasteiger partial charge on any atom is -0.477 e. The van der Waals surface area contributed by atoms with Crippen LogP contribution in [0.3, 0.4) is 0 Å². The summed E-state index contributed by atoms with van der Waals surface area (Å²) in [4.78, 5) is 25.3. The smallest absolute Gasteiger partial charge is 0.377 e. The first-order chi connectivity index (χ1) is 9.15. The van der Waals surface area contributed by atoms with Crippen LogP contribution in [0.1, 0.15) is 26.2 Å². The van der Waals surface area contributed by atoms with Crippen molar-refractivity contribution in [2.24, 2.45) is 0 Å². The van der Waals surface area contributed by atoms with E-state index in [2.05, 4.69) is 0 Å². The van der Waals surface area contributed by atoms with Gasteiger partial charge in [0.1, 0.15) is 5.60 Å². The molecule has 0 saturated carbocycles. The Kier molecular flexibility index (Phi) is 4.90. The van der Waals surface area contributed by atoms with Crippen LogP contribution in [0.2, 0.25) is 0 Å². The number of carbonyl (C=O) groups is 2. The Morgan fingerprint density at radius 1 is 1.35 bits per heavy atom. The fourth-order valence-corrected chi connectivity index (χ4v) is 2.20. The first kappa shape index (κ1) is 16.6. The van der Waals surface area contributed by atoms with E-state index in [1.165, 1.54) is 9.80 Å². The van der Waals surface area contributed by atoms with Crippen molar-refractivity contribution >= 4 is 12.0 Å². The zero-order valence-corrected chi connectivity index (χ0v) is 11.6. The third kappa shape index (κ3) is 3.00. The highest BCUT2D eigenvalue weighted by Gasteiger charge is 2.58. The number of amides is 2. The Labute approximate surface area is 116 Å². The summed E-state index contributed by atoms with van der Waals surface area (Å²) in [5.74, 6) is -6.56. The molecule has 0 aromatic heterocycles. The number of aliphatic hydroxyl groups is 1. The van der Waals surface area contributed by atoms with E-state index in [-0.39, 0.29) is 32.0 Å². The van der Waals surface area contributed by atoms with Crippen LogP contribution < -0.4 is 0 Å². The Morgan fingerprint density at radius 3 is 2.45 bits per heavy atom. The zero-order valence-electron chi connectivity index (χ0n) is 11.6. The molecule has 1 fully saturated rings. The van der Waals surface area contributed by atoms with Crippen LogP contribution >= 0.6 is 0 Å². The molecular weight excluding hydrogens is 274 g/mol. The third-order valence-electron chi connectivity index (χ3n) is 3.74. The van der Waals surface area contributed by atoms with Crippen molar-refractivity contribution in [2.45, 2.75) is 37.7 Å². The average molecular weight is 294 g/mol. The second kappa shape index (κ2) is 5.90. The van der Waals surface area contributed by atoms with Gasteiger partial charge in [0.05, 0.1) is 0 Å². The molecule has 1 unspecified atom stereocenters. The summed E-state index contributed by atoms with van der Waals surface area (Å²) < 4.78 is 27.2. The highest BCUT2D eigenvalue weighted by molar-refractivity contribution is 5.77. The molecule has 8 heteroatoms. The third-order valence-corrected chi connectivity index (χ3v) is 3.74. The number of carbonyl (C=O) groups excluding carboxylic acids is 1. The second-order valence-corrected chi connectivity index (χ2v) is 5.05. The lowest BCUT2D eigenvalue weighted by Gasteiger charge is -2.32. The lowest BCUT2D eigenvalue weighted by Crippen LogP contribution is -2.54. The van der Waals surface area contributed by atoms with Crippen molar-refractivity contribution in [2.75, 3.05) is 26.7 Å². The van der Waals surface area contributed by atoms with Gasteiger partial charge in [0.25, 0.3) is 0 Å². The van der Waals surface area contributed by atoms with Crippen LogP contribution in [-0.4, -0.2) is 70.2 Å². The van der Waals surface area contributed by atoms with Crippen molar-refractivity contribution in [1.82, 2.24) is 9.80 Å². The summed E-state index contributed by atoms with van der Waals surface area (Å²) in [5, 5.41) is 18.5. The Hall–Kier alpha value is -1.44. The number of halogens is 2. The molecule has 1 aliphatic rings. The van der Waals surface area contributed by atoms with E-state index in [0.29, 0.717) is 6.54 Å². The number of hydrogen-bond donors (Lipinski definition) is 2. The lowest BCUT2D eigenvalue weighted by molar-refractivity contribution is -0.211. The Morgan fingerprint density at radius 2 is 1.95 bits per heavy atom. The van der Waals surface area contributed by atoms with E-state index in [4.69, 9.17) is 5.11 Å². The number of carboxylic acid groups (broad SMARTS) is 1. The maximum atomic E-state index is 13.6. The SMILES string of the molecule is CCN(C)C(=O)N1CCCC(O)(C(F)(F)C(=O)O)CC1. The van der Waals surface area contributed by atoms with E-state index in [9.17, 15) is 23.5 Å². The highest BCUT2D eigenvalue weighted by Crippen LogP contribution is 2.37. The van der Waals surface area contributed by atoms with Crippen LogP contribution in [0.15, 0.2) is 0 Å². The molecule has 1 rings (SSSR count). The molecule has 0 aromatic carbocycles. The zero-order chi connectivity index (χ0) is 15.6. The average Bonchev–Trinajstić information content (AvgIpc) is 2.60. The van der Waals surface area contributed by atoms with Gasteiger partial charge in [0.2, 0.25) is 0 Å². The number of nitrogens with zero attached hydrogens (tertiary/aromatic N) is 2. The van der Waals surface area contributed by atoms with Crippen LogP contribution in [-0.2, 0) is 4.79 Å². The van der Waals surface area contributed by atoms with Gasteiger partial charge in [-0.3, -0.25) is 0 Å². The summed E-state index contributed by atoms with van der Waals surface area (Å²) in [6, 6.07) is -0.310. The standard InChI is InChI=1S/C12H20F2N2O4/c1-3-15(2)10(19)16-7-4-5-11(20,6-8-16)12(13,14)9(17)18/h20H,3-8H2,1-2H3,(H,17,18). The molecule has 0 aromatic rings. The van der Waals surface area contributed by atoms with Gasteiger partial charge in [-0.25, -0.2) is 9.59 Å². The van der Waals surface area contributed by atoms with E-state index in [0.717, 1.165) is 0 Å². The van der Waals surface area contributed by atoms with Crippen molar-refractivity contribution in [3.05, 3.63) is 0 Å². The van der Waals surface area contributed by atoms with Gasteiger partial charge in [0, 0.05) is 33.1 Å². The first-order valence-electron chi connectivity index (χ1n) is 6.49. The van der Waals surface area contributed by atoms with Crippen molar-refractivity contribution in [3.63, 3.8) is 0 Å². The van der Waals surface area contributed by atoms with Gasteiger partial charge in [-0.05, 0) is 19.8 Å². The summed E-state index contributed by atoms with van der Waals surface area (Å²) in [7, 11) is 1.59. The van der Waals surface area contributed by atoms with E-state index in [1.807, 2.05) is 0 Å². The number of likely N-dealkylation sites (tertiary alicyclic amines) is 1. The molecule has 6 nitrogen and oxygen atoms in total. The predicted molar refractivity (Wildman–Crippen MR) is 66.7 cm³/mol. The molecule has 0 spiro atoms. The van der Waals surface area contributed by atoms with E-state index < -0.39 is 23.9 Å². The maximum absolute atomic E-state index is 13.6. The van der Waals surface area contributed by atoms with Gasteiger partial charge in [-0.1, -0.05) is 0 Å². The van der Waals surface area contributed by atoms with Crippen molar-refractivity contribution in [1.29, 1.82) is 0 Å². The van der Waals surface area contributed by atoms with E-state index in [1.54, 1.807) is 14.0 Å². The molecule has 2 amide bonds. The largest absolute Gasteiger partial charge is 0.477 e. The van der Waals surface area contributed by atoms with Gasteiger partial charge < -0.3 is 20.0 Å². The minimum absolute atomic E-state index is 0.0947. The topological polar surface area (TPSA) is 81.1 Å². The van der Waals surface area contributed by atoms with Gasteiger partial charge in [0.15, 0.2) is 0 Å². The molecule has 0 radical (unpaired) electrons. The number of carboxylic acids is 1. The van der Waals surface area contributed by atoms with Crippen LogP contribution in [0.4, 0.5) is 13.6 Å². The van der Waals surface area contributed by atoms with Gasteiger partial charge in [-0.2, -0.15) is 8.78 Å². The number of urea groups is 1. The van der Waals surface area contributed by atoms with Crippen molar-refractivity contribution < 1.29 is 28.6 Å². The lowest BCUT2D eigenvalue weighted by atomic mass is 9.88. The molecule has 1 atom stereocenters. The van der Waals surface area contributed by atoms with E-state index >= 15 is 0 Å². The molecule has 0 bridgehead atoms. The molecule has 20 heavy (non-hydrogen) atoms. The van der Waals surface area contributed by atoms with Crippen molar-refractivity contribution in [3.8, 4) is 0 Å². The monoisotopic (exact) mass is 294 g/mol. The number of hydrogen-bond acceptors (Lipinski definition) is 3. The van der Waals surface area contributed by atoms with Crippen LogP contribution in [0.5, 0.6) is 0 Å². The van der Waals surface area contributed by atoms with Crippen LogP contribution in [0, 0.1) is 0 Å². The van der Waals surface area contributed by atoms with Gasteiger partial charge >= 0.3 is 17.9 Å². The van der Waals surface area contributed by atoms with Crippen LogP contribution in [0.25, 0.3) is 0 Å². The maximum Gasteiger partial charge on any atom is 0.377 e. The Balaban J connectivity index is 2.82. The Bertz CT molecular complexity index is 392. The number of aliphatic carboxylic acids is 1. The minimum atomic E-state index is -4.22. The van der Waals surface area contributed by atoms with Gasteiger partial charge in [-0.15, -0.1) is 0 Å². The number of alkyl halides is 2. The molecule has 1 saturated heterocycles. The summed E-state index contributed by atoms with van der Waals surface area (Å²) in [6.45, 7) is 2.39. The summed E-state index contributed by atoms with van der Waals surface area (Å²) in [6.07, 6.45) is -0.690. The molecular formula is C12H20F2N2O4. The molecule has 1 heterocycles. The molecule has 1 aliphatic heterocycles. The summed E-state index contributed by atoms with van der Waals surface area (Å²) in [5.41, 5.74) is -2.61. The molecule has 116 valence electrons. The summed E-state index contributed by atoms with van der Waals surface area (Å²) >= 11 is 0. The second-order valence-electron chi connectivity index (χ2n) is 5.05.